The molecule has 0 saturated heterocycles. The summed E-state index contributed by atoms with van der Waals surface area (Å²) in [6.45, 7) is 6.88. The Labute approximate surface area is 87.6 Å². The normalized spacial score (nSPS) is 11.4. The number of aromatic nitrogens is 1. The van der Waals surface area contributed by atoms with Crippen LogP contribution < -0.4 is 11.1 Å². The van der Waals surface area contributed by atoms with Gasteiger partial charge in [-0.2, -0.15) is 0 Å². The summed E-state index contributed by atoms with van der Waals surface area (Å²) in [7, 11) is 0. The van der Waals surface area contributed by atoms with Gasteiger partial charge < -0.3 is 11.1 Å². The molecule has 14 heavy (non-hydrogen) atoms. The Balaban J connectivity index is 2.33. The molecular formula is C9H14N4S. The number of aliphatic imine (C=N–C) groups is 1. The Morgan fingerprint density at radius 3 is 3.14 bits per heavy atom. The van der Waals surface area contributed by atoms with E-state index in [0.717, 1.165) is 10.6 Å². The minimum atomic E-state index is 0.434. The van der Waals surface area contributed by atoms with Crippen molar-refractivity contribution in [2.24, 2.45) is 10.7 Å². The lowest BCUT2D eigenvalue weighted by atomic mass is 10.3. The van der Waals surface area contributed by atoms with E-state index >= 15 is 0 Å². The van der Waals surface area contributed by atoms with E-state index in [1.54, 1.807) is 17.5 Å². The monoisotopic (exact) mass is 210 g/mol. The smallest absolute Gasteiger partial charge is 0.189 e. The number of hydrogen-bond acceptors (Lipinski definition) is 3. The highest BCUT2D eigenvalue weighted by atomic mass is 32.1. The average Bonchev–Trinajstić information content (AvgIpc) is 2.63. The topological polar surface area (TPSA) is 63.3 Å². The van der Waals surface area contributed by atoms with Crippen LogP contribution >= 0.6 is 11.3 Å². The minimum absolute atomic E-state index is 0.434. The molecule has 0 amide bonds. The fourth-order valence-electron chi connectivity index (χ4n) is 0.781. The van der Waals surface area contributed by atoms with Gasteiger partial charge in [0.2, 0.25) is 0 Å². The summed E-state index contributed by atoms with van der Waals surface area (Å²) in [4.78, 5) is 8.22. The van der Waals surface area contributed by atoms with Crippen molar-refractivity contribution in [2.75, 3.05) is 6.54 Å². The zero-order chi connectivity index (χ0) is 10.4. The molecule has 1 rings (SSSR count). The van der Waals surface area contributed by atoms with E-state index in [0.29, 0.717) is 19.0 Å². The molecule has 0 aliphatic carbocycles. The van der Waals surface area contributed by atoms with Crippen LogP contribution in [0.2, 0.25) is 0 Å². The zero-order valence-corrected chi connectivity index (χ0v) is 8.97. The van der Waals surface area contributed by atoms with Crippen LogP contribution in [0.3, 0.4) is 0 Å². The second-order valence-electron chi connectivity index (χ2n) is 2.94. The average molecular weight is 210 g/mol. The van der Waals surface area contributed by atoms with Crippen LogP contribution in [0.4, 0.5) is 0 Å². The number of nitrogens with zero attached hydrogens (tertiary/aromatic N) is 2. The molecule has 0 radical (unpaired) electrons. The molecule has 5 heteroatoms. The first-order valence-corrected chi connectivity index (χ1v) is 5.13. The van der Waals surface area contributed by atoms with Crippen molar-refractivity contribution in [3.8, 4) is 0 Å². The Morgan fingerprint density at radius 1 is 1.79 bits per heavy atom. The number of guanidine groups is 1. The highest BCUT2D eigenvalue weighted by Gasteiger charge is 1.94. The maximum atomic E-state index is 5.61. The molecule has 1 aromatic rings. The third-order valence-electron chi connectivity index (χ3n) is 1.44. The molecule has 0 unspecified atom stereocenters. The van der Waals surface area contributed by atoms with E-state index in [-0.39, 0.29) is 0 Å². The van der Waals surface area contributed by atoms with E-state index in [1.807, 2.05) is 12.3 Å². The van der Waals surface area contributed by atoms with Gasteiger partial charge in [0.1, 0.15) is 5.01 Å². The second kappa shape index (κ2) is 5.39. The Morgan fingerprint density at radius 2 is 2.57 bits per heavy atom. The quantitative estimate of drug-likeness (QED) is 0.445. The number of hydrogen-bond donors (Lipinski definition) is 2. The number of nitrogens with one attached hydrogen (secondary N) is 1. The number of rotatable bonds is 4. The molecule has 3 N–H and O–H groups in total. The number of thiazole rings is 1. The van der Waals surface area contributed by atoms with Crippen molar-refractivity contribution >= 4 is 17.3 Å². The summed E-state index contributed by atoms with van der Waals surface area (Å²) in [6, 6.07) is 0. The third-order valence-corrected chi connectivity index (χ3v) is 2.20. The SMILES string of the molecule is C=C(C)CNC(N)=NCc1nccs1. The first-order chi connectivity index (χ1) is 6.68. The predicted molar refractivity (Wildman–Crippen MR) is 60.3 cm³/mol. The molecular weight excluding hydrogens is 196 g/mol. The van der Waals surface area contributed by atoms with Gasteiger partial charge in [0.05, 0.1) is 6.54 Å². The van der Waals surface area contributed by atoms with Gasteiger partial charge in [-0.1, -0.05) is 12.2 Å². The molecule has 0 aliphatic rings. The highest BCUT2D eigenvalue weighted by molar-refractivity contribution is 7.09. The Kier molecular flexibility index (Phi) is 4.12. The first-order valence-electron chi connectivity index (χ1n) is 4.25. The lowest BCUT2D eigenvalue weighted by Crippen LogP contribution is -2.32. The van der Waals surface area contributed by atoms with Gasteiger partial charge in [0.15, 0.2) is 5.96 Å². The van der Waals surface area contributed by atoms with Gasteiger partial charge in [-0.3, -0.25) is 0 Å². The van der Waals surface area contributed by atoms with E-state index < -0.39 is 0 Å². The molecule has 1 aromatic heterocycles. The molecule has 0 saturated carbocycles. The van der Waals surface area contributed by atoms with Crippen LogP contribution in [-0.4, -0.2) is 17.5 Å². The molecule has 0 atom stereocenters. The van der Waals surface area contributed by atoms with Crippen molar-refractivity contribution < 1.29 is 0 Å². The van der Waals surface area contributed by atoms with Crippen LogP contribution in [-0.2, 0) is 6.54 Å². The summed E-state index contributed by atoms with van der Waals surface area (Å²) < 4.78 is 0. The molecule has 76 valence electrons. The van der Waals surface area contributed by atoms with Crippen LogP contribution in [0.5, 0.6) is 0 Å². The lowest BCUT2D eigenvalue weighted by Gasteiger charge is -2.03. The Bertz CT molecular complexity index is 316. The molecule has 4 nitrogen and oxygen atoms in total. The summed E-state index contributed by atoms with van der Waals surface area (Å²) >= 11 is 1.57. The summed E-state index contributed by atoms with van der Waals surface area (Å²) in [5, 5.41) is 5.83. The standard InChI is InChI=1S/C9H14N4S/c1-7(2)5-12-9(10)13-6-8-11-3-4-14-8/h3-4H,1,5-6H2,2H3,(H3,10,12,13). The lowest BCUT2D eigenvalue weighted by molar-refractivity contribution is 0.935. The molecule has 0 spiro atoms. The fourth-order valence-corrected chi connectivity index (χ4v) is 1.32. The molecule has 0 bridgehead atoms. The molecule has 1 heterocycles. The largest absolute Gasteiger partial charge is 0.370 e. The molecule has 0 aliphatic heterocycles. The third kappa shape index (κ3) is 4.04. The second-order valence-corrected chi connectivity index (χ2v) is 3.92. The van der Waals surface area contributed by atoms with Crippen molar-refractivity contribution in [3.63, 3.8) is 0 Å². The zero-order valence-electron chi connectivity index (χ0n) is 8.16. The van der Waals surface area contributed by atoms with Gasteiger partial charge >= 0.3 is 0 Å². The summed E-state index contributed by atoms with van der Waals surface area (Å²) in [5.41, 5.74) is 6.64. The van der Waals surface area contributed by atoms with E-state index in [4.69, 9.17) is 5.73 Å². The van der Waals surface area contributed by atoms with Crippen LogP contribution in [0.15, 0.2) is 28.7 Å². The number of nitrogens with two attached hydrogens (primary N) is 1. The molecule has 0 fully saturated rings. The predicted octanol–water partition coefficient (Wildman–Crippen LogP) is 1.12. The van der Waals surface area contributed by atoms with Crippen molar-refractivity contribution in [2.45, 2.75) is 13.5 Å². The van der Waals surface area contributed by atoms with Gasteiger partial charge in [-0.15, -0.1) is 11.3 Å². The Hall–Kier alpha value is -1.36. The van der Waals surface area contributed by atoms with Crippen molar-refractivity contribution in [1.82, 2.24) is 10.3 Å². The molecule has 0 aromatic carbocycles. The van der Waals surface area contributed by atoms with Gasteiger partial charge in [0.25, 0.3) is 0 Å². The maximum absolute atomic E-state index is 5.61. The van der Waals surface area contributed by atoms with Crippen molar-refractivity contribution in [3.05, 3.63) is 28.7 Å². The van der Waals surface area contributed by atoms with Crippen LogP contribution in [0, 0.1) is 0 Å². The highest BCUT2D eigenvalue weighted by Crippen LogP contribution is 2.04. The van der Waals surface area contributed by atoms with E-state index in [9.17, 15) is 0 Å². The fraction of sp³-hybridized carbons (Fsp3) is 0.333. The summed E-state index contributed by atoms with van der Waals surface area (Å²) in [5.74, 6) is 0.434. The van der Waals surface area contributed by atoms with Gasteiger partial charge in [-0.05, 0) is 6.92 Å². The minimum Gasteiger partial charge on any atom is -0.370 e. The van der Waals surface area contributed by atoms with E-state index in [2.05, 4.69) is 21.9 Å². The van der Waals surface area contributed by atoms with Crippen LogP contribution in [0.1, 0.15) is 11.9 Å². The first kappa shape index (κ1) is 10.7. The summed E-state index contributed by atoms with van der Waals surface area (Å²) in [6.07, 6.45) is 1.76. The van der Waals surface area contributed by atoms with Crippen LogP contribution in [0.25, 0.3) is 0 Å². The van der Waals surface area contributed by atoms with E-state index in [1.165, 1.54) is 0 Å². The van der Waals surface area contributed by atoms with Crippen molar-refractivity contribution in [1.29, 1.82) is 0 Å². The van der Waals surface area contributed by atoms with Gasteiger partial charge in [0, 0.05) is 18.1 Å². The van der Waals surface area contributed by atoms with Gasteiger partial charge in [-0.25, -0.2) is 9.98 Å². The maximum Gasteiger partial charge on any atom is 0.189 e.